The van der Waals surface area contributed by atoms with Crippen LogP contribution in [0.5, 0.6) is 0 Å². The molecule has 4 N–H and O–H groups in total. The maximum atomic E-state index is 12.7. The zero-order valence-corrected chi connectivity index (χ0v) is 22.1. The first kappa shape index (κ1) is 29.8. The average Bonchev–Trinajstić information content (AvgIpc) is 2.88. The molecule has 0 atom stereocenters. The molecule has 36 heavy (non-hydrogen) atoms. The van der Waals surface area contributed by atoms with Gasteiger partial charge in [-0.05, 0) is 61.6 Å². The molecule has 0 aliphatic heterocycles. The van der Waals surface area contributed by atoms with Gasteiger partial charge in [-0.2, -0.15) is 5.10 Å². The Bertz CT molecular complexity index is 1230. The third-order valence-corrected chi connectivity index (χ3v) is 6.96. The topological polar surface area (TPSA) is 110 Å². The second-order valence-corrected chi connectivity index (χ2v) is 9.22. The molecule has 3 aromatic rings. The van der Waals surface area contributed by atoms with Gasteiger partial charge in [0.2, 0.25) is 0 Å². The summed E-state index contributed by atoms with van der Waals surface area (Å²) in [4.78, 5) is 25.0. The number of carbonyl (C=O) groups is 1. The Morgan fingerprint density at radius 3 is 2.50 bits per heavy atom. The van der Waals surface area contributed by atoms with Crippen LogP contribution in [0.15, 0.2) is 65.5 Å². The van der Waals surface area contributed by atoms with Gasteiger partial charge in [0.25, 0.3) is 11.5 Å². The first-order chi connectivity index (χ1) is 16.5. The van der Waals surface area contributed by atoms with E-state index in [0.717, 1.165) is 36.8 Å². The third kappa shape index (κ3) is 6.47. The second-order valence-electron chi connectivity index (χ2n) is 8.79. The smallest absolute Gasteiger partial charge is 0.267 e. The zero-order valence-electron chi connectivity index (χ0n) is 19.7. The van der Waals surface area contributed by atoms with Crippen molar-refractivity contribution >= 4 is 42.3 Å². The average molecular weight is 554 g/mol. The highest BCUT2D eigenvalue weighted by atomic mass is 35.5. The molecule has 0 radical (unpaired) electrons. The summed E-state index contributed by atoms with van der Waals surface area (Å²) < 4.78 is 1.58. The molecule has 0 unspecified atom stereocenters. The number of aliphatic hydroxyl groups is 1. The van der Waals surface area contributed by atoms with Gasteiger partial charge >= 0.3 is 0 Å². The Balaban J connectivity index is 0.00000228. The summed E-state index contributed by atoms with van der Waals surface area (Å²) in [5.74, 6) is -0.268. The molecule has 2 aromatic carbocycles. The Morgan fingerprint density at radius 2 is 1.83 bits per heavy atom. The van der Waals surface area contributed by atoms with Crippen LogP contribution in [0, 0.1) is 0 Å². The SMILES string of the molecule is Cl.Cl.NC[C@]1(c2cccc(Cl)c2)CC[C@H](n2nc(-c3cccc(C(=O)NCCO)c3)ccc2=O)CC1. The van der Waals surface area contributed by atoms with Crippen molar-refractivity contribution in [1.29, 1.82) is 0 Å². The van der Waals surface area contributed by atoms with Crippen molar-refractivity contribution < 1.29 is 9.90 Å². The van der Waals surface area contributed by atoms with E-state index in [0.29, 0.717) is 22.8 Å². The van der Waals surface area contributed by atoms with E-state index in [1.165, 1.54) is 6.07 Å². The summed E-state index contributed by atoms with van der Waals surface area (Å²) in [6.45, 7) is 0.586. The number of hydrogen-bond donors (Lipinski definition) is 3. The lowest BCUT2D eigenvalue weighted by molar-refractivity contribution is 0.0945. The lowest BCUT2D eigenvalue weighted by Crippen LogP contribution is -2.41. The van der Waals surface area contributed by atoms with E-state index in [2.05, 4.69) is 16.5 Å². The van der Waals surface area contributed by atoms with Crippen molar-refractivity contribution in [3.63, 3.8) is 0 Å². The van der Waals surface area contributed by atoms with Gasteiger partial charge in [0.05, 0.1) is 18.3 Å². The van der Waals surface area contributed by atoms with E-state index in [9.17, 15) is 9.59 Å². The molecule has 7 nitrogen and oxygen atoms in total. The van der Waals surface area contributed by atoms with Crippen LogP contribution in [0.2, 0.25) is 5.02 Å². The van der Waals surface area contributed by atoms with Crippen molar-refractivity contribution in [2.24, 2.45) is 5.73 Å². The maximum Gasteiger partial charge on any atom is 0.267 e. The molecular weight excluding hydrogens is 523 g/mol. The summed E-state index contributed by atoms with van der Waals surface area (Å²) in [5.41, 5.74) is 8.92. The Morgan fingerprint density at radius 1 is 1.11 bits per heavy atom. The van der Waals surface area contributed by atoms with Gasteiger partial charge in [-0.3, -0.25) is 9.59 Å². The summed E-state index contributed by atoms with van der Waals surface area (Å²) in [6, 6.07) is 18.2. The monoisotopic (exact) mass is 552 g/mol. The number of nitrogens with two attached hydrogens (primary N) is 1. The van der Waals surface area contributed by atoms with Crippen LogP contribution < -0.4 is 16.6 Å². The Labute approximate surface area is 227 Å². The molecule has 4 rings (SSSR count). The fraction of sp³-hybridized carbons (Fsp3) is 0.346. The Kier molecular flexibility index (Phi) is 10.9. The van der Waals surface area contributed by atoms with Crippen LogP contribution in [-0.4, -0.2) is 40.5 Å². The van der Waals surface area contributed by atoms with E-state index in [1.54, 1.807) is 28.9 Å². The third-order valence-electron chi connectivity index (χ3n) is 6.73. The first-order valence-corrected chi connectivity index (χ1v) is 11.9. The molecule has 0 bridgehead atoms. The molecule has 1 fully saturated rings. The van der Waals surface area contributed by atoms with E-state index in [4.69, 9.17) is 22.4 Å². The Hall–Kier alpha value is -2.42. The van der Waals surface area contributed by atoms with Gasteiger partial charge in [-0.1, -0.05) is 35.9 Å². The highest BCUT2D eigenvalue weighted by molar-refractivity contribution is 6.30. The number of nitrogens with zero attached hydrogens (tertiary/aromatic N) is 2. The minimum absolute atomic E-state index is 0. The summed E-state index contributed by atoms with van der Waals surface area (Å²) in [7, 11) is 0. The molecule has 1 amide bonds. The van der Waals surface area contributed by atoms with Crippen molar-refractivity contribution in [3.05, 3.63) is 87.2 Å². The van der Waals surface area contributed by atoms with Gasteiger partial charge < -0.3 is 16.2 Å². The molecule has 10 heteroatoms. The number of halogens is 3. The summed E-state index contributed by atoms with van der Waals surface area (Å²) in [6.07, 6.45) is 3.24. The van der Waals surface area contributed by atoms with Gasteiger partial charge in [0, 0.05) is 40.7 Å². The number of carbonyl (C=O) groups excluding carboxylic acids is 1. The van der Waals surface area contributed by atoms with Crippen molar-refractivity contribution in [1.82, 2.24) is 15.1 Å². The predicted octanol–water partition coefficient (Wildman–Crippen LogP) is 4.14. The molecular formula is C26H31Cl3N4O3. The van der Waals surface area contributed by atoms with E-state index >= 15 is 0 Å². The number of rotatable bonds is 7. The number of amides is 1. The molecule has 1 heterocycles. The maximum absolute atomic E-state index is 12.7. The number of nitrogens with one attached hydrogen (secondary N) is 1. The highest BCUT2D eigenvalue weighted by Crippen LogP contribution is 2.42. The molecule has 1 saturated carbocycles. The fourth-order valence-corrected chi connectivity index (χ4v) is 4.95. The molecule has 194 valence electrons. The van der Waals surface area contributed by atoms with Gasteiger partial charge in [-0.25, -0.2) is 4.68 Å². The van der Waals surface area contributed by atoms with Crippen LogP contribution in [0.1, 0.15) is 47.6 Å². The largest absolute Gasteiger partial charge is 0.395 e. The fourth-order valence-electron chi connectivity index (χ4n) is 4.76. The zero-order chi connectivity index (χ0) is 24.1. The minimum Gasteiger partial charge on any atom is -0.395 e. The summed E-state index contributed by atoms with van der Waals surface area (Å²) in [5, 5.41) is 16.9. The number of aliphatic hydroxyl groups excluding tert-OH is 1. The van der Waals surface area contributed by atoms with Gasteiger partial charge in [0.15, 0.2) is 0 Å². The van der Waals surface area contributed by atoms with E-state index in [1.807, 2.05) is 24.3 Å². The molecule has 0 spiro atoms. The van der Waals surface area contributed by atoms with Crippen LogP contribution in [0.3, 0.4) is 0 Å². The predicted molar refractivity (Wildman–Crippen MR) is 148 cm³/mol. The lowest BCUT2D eigenvalue weighted by atomic mass is 9.68. The normalized spacial score (nSPS) is 19.0. The highest BCUT2D eigenvalue weighted by Gasteiger charge is 2.37. The van der Waals surface area contributed by atoms with Crippen LogP contribution in [0.4, 0.5) is 0 Å². The molecule has 1 aliphatic rings. The number of benzene rings is 2. The first-order valence-electron chi connectivity index (χ1n) is 11.5. The molecule has 0 saturated heterocycles. The van der Waals surface area contributed by atoms with Crippen molar-refractivity contribution in [2.75, 3.05) is 19.7 Å². The van der Waals surface area contributed by atoms with Gasteiger partial charge in [0.1, 0.15) is 0 Å². The van der Waals surface area contributed by atoms with Crippen molar-refractivity contribution in [3.8, 4) is 11.3 Å². The standard InChI is InChI=1S/C26H29ClN4O3.2ClH/c27-21-6-2-5-20(16-21)26(17-28)11-9-22(10-12-26)31-24(33)8-7-23(30-31)18-3-1-4-19(15-18)25(34)29-13-14-32;;/h1-8,15-16,22,32H,9-14,17,28H2,(H,29,34);2*1H/t22-,26-;;. The van der Waals surface area contributed by atoms with E-state index in [-0.39, 0.29) is 60.9 Å². The lowest BCUT2D eigenvalue weighted by Gasteiger charge is -2.40. The van der Waals surface area contributed by atoms with Crippen molar-refractivity contribution in [2.45, 2.75) is 37.1 Å². The number of hydrogen-bond acceptors (Lipinski definition) is 5. The summed E-state index contributed by atoms with van der Waals surface area (Å²) >= 11 is 6.23. The quantitative estimate of drug-likeness (QED) is 0.407. The van der Waals surface area contributed by atoms with E-state index < -0.39 is 0 Å². The molecule has 1 aromatic heterocycles. The van der Waals surface area contributed by atoms with Gasteiger partial charge in [-0.15, -0.1) is 24.8 Å². The molecule has 1 aliphatic carbocycles. The van der Waals surface area contributed by atoms with Crippen LogP contribution in [-0.2, 0) is 5.41 Å². The minimum atomic E-state index is -0.268. The second kappa shape index (κ2) is 13.2. The number of aromatic nitrogens is 2. The van der Waals surface area contributed by atoms with Crippen LogP contribution >= 0.6 is 36.4 Å². The van der Waals surface area contributed by atoms with Crippen LogP contribution in [0.25, 0.3) is 11.3 Å².